The Hall–Kier alpha value is -1.34. The second-order valence-corrected chi connectivity index (χ2v) is 6.43. The Morgan fingerprint density at radius 2 is 2.26 bits per heavy atom. The molecule has 1 aliphatic heterocycles. The van der Waals surface area contributed by atoms with Crippen molar-refractivity contribution in [1.82, 2.24) is 8.87 Å². The summed E-state index contributed by atoms with van der Waals surface area (Å²) >= 11 is 0. The fourth-order valence-corrected chi connectivity index (χ4v) is 3.97. The fraction of sp³-hybridized carbons (Fsp3) is 0.583. The van der Waals surface area contributed by atoms with Crippen LogP contribution in [0.25, 0.3) is 0 Å². The van der Waals surface area contributed by atoms with E-state index in [2.05, 4.69) is 0 Å². The van der Waals surface area contributed by atoms with Crippen LogP contribution >= 0.6 is 0 Å². The van der Waals surface area contributed by atoms with Gasteiger partial charge in [-0.2, -0.15) is 4.31 Å². The number of nitrogens with zero attached hydrogens (tertiary/aromatic N) is 2. The second kappa shape index (κ2) is 5.34. The molecule has 1 aliphatic rings. The number of carbonyl (C=O) groups excluding carboxylic acids is 1. The monoisotopic (exact) mass is 286 g/mol. The number of ether oxygens (including phenoxy) is 1. The topological polar surface area (TPSA) is 68.6 Å². The molecule has 0 aliphatic carbocycles. The number of hydrogen-bond donors (Lipinski definition) is 0. The summed E-state index contributed by atoms with van der Waals surface area (Å²) in [7, 11) is -1.86. The Morgan fingerprint density at radius 1 is 1.53 bits per heavy atom. The van der Waals surface area contributed by atoms with Gasteiger partial charge in [-0.05, 0) is 25.8 Å². The maximum Gasteiger partial charge on any atom is 0.324 e. The molecular weight excluding hydrogens is 268 g/mol. The number of esters is 1. The van der Waals surface area contributed by atoms with Crippen molar-refractivity contribution in [2.24, 2.45) is 7.05 Å². The number of hydrogen-bond acceptors (Lipinski definition) is 4. The van der Waals surface area contributed by atoms with Gasteiger partial charge in [0.1, 0.15) is 6.04 Å². The number of aromatic nitrogens is 1. The van der Waals surface area contributed by atoms with Gasteiger partial charge in [0.2, 0.25) is 10.0 Å². The molecule has 1 unspecified atom stereocenters. The normalized spacial score (nSPS) is 20.6. The standard InChI is InChI=1S/C12H18N2O4S/c1-3-18-12(15)11-5-4-7-14(11)19(16,17)10-6-8-13(2)9-10/h6,8-9,11H,3-5,7H2,1-2H3. The lowest BCUT2D eigenvalue weighted by Crippen LogP contribution is -2.41. The molecule has 0 bridgehead atoms. The van der Waals surface area contributed by atoms with Gasteiger partial charge < -0.3 is 9.30 Å². The van der Waals surface area contributed by atoms with Gasteiger partial charge in [0.15, 0.2) is 0 Å². The fourth-order valence-electron chi connectivity index (χ4n) is 2.27. The van der Waals surface area contributed by atoms with E-state index in [1.165, 1.54) is 16.6 Å². The van der Waals surface area contributed by atoms with E-state index in [0.717, 1.165) is 0 Å². The predicted octanol–water partition coefficient (Wildman–Crippen LogP) is 0.741. The van der Waals surface area contributed by atoms with Crippen molar-refractivity contribution in [3.8, 4) is 0 Å². The van der Waals surface area contributed by atoms with E-state index in [9.17, 15) is 13.2 Å². The van der Waals surface area contributed by atoms with Crippen molar-refractivity contribution in [3.63, 3.8) is 0 Å². The van der Waals surface area contributed by atoms with E-state index < -0.39 is 22.0 Å². The maximum absolute atomic E-state index is 12.5. The summed E-state index contributed by atoms with van der Waals surface area (Å²) in [4.78, 5) is 12.0. The van der Waals surface area contributed by atoms with Crippen LogP contribution in [-0.2, 0) is 26.6 Å². The molecule has 106 valence electrons. The van der Waals surface area contributed by atoms with Crippen LogP contribution in [0.5, 0.6) is 0 Å². The van der Waals surface area contributed by atoms with Crippen LogP contribution in [0, 0.1) is 0 Å². The Balaban J connectivity index is 2.27. The molecule has 0 N–H and O–H groups in total. The lowest BCUT2D eigenvalue weighted by Gasteiger charge is -2.21. The third-order valence-electron chi connectivity index (χ3n) is 3.17. The van der Waals surface area contributed by atoms with Crippen LogP contribution < -0.4 is 0 Å². The molecular formula is C12H18N2O4S. The number of aryl methyl sites for hydroxylation is 1. The molecule has 1 fully saturated rings. The van der Waals surface area contributed by atoms with Gasteiger partial charge >= 0.3 is 5.97 Å². The van der Waals surface area contributed by atoms with Crippen molar-refractivity contribution in [2.45, 2.75) is 30.7 Å². The first kappa shape index (κ1) is 14.1. The number of rotatable bonds is 4. The van der Waals surface area contributed by atoms with Crippen LogP contribution in [0.15, 0.2) is 23.4 Å². The molecule has 2 rings (SSSR count). The molecule has 1 aromatic rings. The van der Waals surface area contributed by atoms with E-state index in [1.54, 1.807) is 24.7 Å². The van der Waals surface area contributed by atoms with Crippen LogP contribution in [0.2, 0.25) is 0 Å². The van der Waals surface area contributed by atoms with Gasteiger partial charge in [-0.25, -0.2) is 8.42 Å². The Kier molecular flexibility index (Phi) is 3.96. The minimum Gasteiger partial charge on any atom is -0.465 e. The van der Waals surface area contributed by atoms with Gasteiger partial charge in [0, 0.05) is 26.0 Å². The zero-order chi connectivity index (χ0) is 14.0. The van der Waals surface area contributed by atoms with Crippen LogP contribution in [0.4, 0.5) is 0 Å². The molecule has 7 heteroatoms. The molecule has 6 nitrogen and oxygen atoms in total. The lowest BCUT2D eigenvalue weighted by molar-refractivity contribution is -0.146. The minimum absolute atomic E-state index is 0.214. The summed E-state index contributed by atoms with van der Waals surface area (Å²) in [5.41, 5.74) is 0. The highest BCUT2D eigenvalue weighted by Gasteiger charge is 2.40. The Labute approximate surface area is 113 Å². The van der Waals surface area contributed by atoms with E-state index in [4.69, 9.17) is 4.74 Å². The van der Waals surface area contributed by atoms with E-state index in [-0.39, 0.29) is 11.5 Å². The van der Waals surface area contributed by atoms with Crippen LogP contribution in [0.3, 0.4) is 0 Å². The van der Waals surface area contributed by atoms with Crippen molar-refractivity contribution in [2.75, 3.05) is 13.2 Å². The molecule has 0 saturated carbocycles. The Bertz CT molecular complexity index is 564. The molecule has 0 spiro atoms. The summed E-state index contributed by atoms with van der Waals surface area (Å²) in [5, 5.41) is 0. The molecule has 0 amide bonds. The average molecular weight is 286 g/mol. The summed E-state index contributed by atoms with van der Waals surface area (Å²) < 4.78 is 32.8. The highest BCUT2D eigenvalue weighted by Crippen LogP contribution is 2.26. The van der Waals surface area contributed by atoms with E-state index >= 15 is 0 Å². The van der Waals surface area contributed by atoms with Gasteiger partial charge in [0.25, 0.3) is 0 Å². The summed E-state index contributed by atoms with van der Waals surface area (Å²) in [5.74, 6) is -0.459. The zero-order valence-electron chi connectivity index (χ0n) is 11.1. The smallest absolute Gasteiger partial charge is 0.324 e. The largest absolute Gasteiger partial charge is 0.465 e. The first-order chi connectivity index (χ1) is 8.96. The molecule has 0 aromatic carbocycles. The van der Waals surface area contributed by atoms with Gasteiger partial charge in [-0.15, -0.1) is 0 Å². The number of sulfonamides is 1. The van der Waals surface area contributed by atoms with Gasteiger partial charge in [-0.1, -0.05) is 0 Å². The van der Waals surface area contributed by atoms with Gasteiger partial charge in [0.05, 0.1) is 11.5 Å². The molecule has 19 heavy (non-hydrogen) atoms. The lowest BCUT2D eigenvalue weighted by atomic mass is 10.2. The predicted molar refractivity (Wildman–Crippen MR) is 69.0 cm³/mol. The average Bonchev–Trinajstić information content (AvgIpc) is 2.97. The molecule has 1 atom stereocenters. The van der Waals surface area contributed by atoms with E-state index in [1.807, 2.05) is 0 Å². The van der Waals surface area contributed by atoms with Gasteiger partial charge in [-0.3, -0.25) is 4.79 Å². The molecule has 2 heterocycles. The Morgan fingerprint density at radius 3 is 2.84 bits per heavy atom. The van der Waals surface area contributed by atoms with Crippen molar-refractivity contribution in [1.29, 1.82) is 0 Å². The minimum atomic E-state index is -3.62. The number of carbonyl (C=O) groups is 1. The summed E-state index contributed by atoms with van der Waals surface area (Å²) in [6, 6.07) is 0.848. The highest BCUT2D eigenvalue weighted by molar-refractivity contribution is 7.89. The molecule has 1 aromatic heterocycles. The van der Waals surface area contributed by atoms with Crippen LogP contribution in [-0.4, -0.2) is 42.5 Å². The first-order valence-electron chi connectivity index (χ1n) is 6.27. The third kappa shape index (κ3) is 2.66. The SMILES string of the molecule is CCOC(=O)C1CCCN1S(=O)(=O)c1ccn(C)c1. The first-order valence-corrected chi connectivity index (χ1v) is 7.71. The van der Waals surface area contributed by atoms with Crippen molar-refractivity contribution in [3.05, 3.63) is 18.5 Å². The zero-order valence-corrected chi connectivity index (χ0v) is 11.9. The van der Waals surface area contributed by atoms with Crippen molar-refractivity contribution >= 4 is 16.0 Å². The molecule has 1 saturated heterocycles. The second-order valence-electron chi connectivity index (χ2n) is 4.54. The highest BCUT2D eigenvalue weighted by atomic mass is 32.2. The van der Waals surface area contributed by atoms with E-state index in [0.29, 0.717) is 19.4 Å². The van der Waals surface area contributed by atoms with Crippen LogP contribution in [0.1, 0.15) is 19.8 Å². The van der Waals surface area contributed by atoms with Crippen molar-refractivity contribution < 1.29 is 17.9 Å². The maximum atomic E-state index is 12.5. The third-order valence-corrected chi connectivity index (χ3v) is 5.07. The summed E-state index contributed by atoms with van der Waals surface area (Å²) in [6.07, 6.45) is 4.40. The quantitative estimate of drug-likeness (QED) is 0.766. The summed E-state index contributed by atoms with van der Waals surface area (Å²) in [6.45, 7) is 2.33. The molecule has 0 radical (unpaired) electrons.